The molecular formula is C17H23N5O2S. The average Bonchev–Trinajstić information content (AvgIpc) is 3.01. The van der Waals surface area contributed by atoms with Gasteiger partial charge in [-0.25, -0.2) is 0 Å². The highest BCUT2D eigenvalue weighted by atomic mass is 32.2. The molecule has 0 bridgehead atoms. The zero-order chi connectivity index (χ0) is 18.0. The summed E-state index contributed by atoms with van der Waals surface area (Å²) in [6.45, 7) is 5.81. The molecule has 1 aliphatic heterocycles. The fraction of sp³-hybridized carbons (Fsp3) is 0.588. The number of hydrogen-bond donors (Lipinski definition) is 0. The second kappa shape index (κ2) is 7.40. The second-order valence-corrected chi connectivity index (χ2v) is 7.67. The van der Waals surface area contributed by atoms with Gasteiger partial charge in [-0.1, -0.05) is 12.8 Å². The van der Waals surface area contributed by atoms with Crippen LogP contribution in [0.4, 0.5) is 5.95 Å². The molecule has 8 heteroatoms. The summed E-state index contributed by atoms with van der Waals surface area (Å²) >= 11 is 0. The van der Waals surface area contributed by atoms with Crippen LogP contribution in [-0.4, -0.2) is 42.2 Å². The highest BCUT2D eigenvalue weighted by Gasteiger charge is 2.23. The van der Waals surface area contributed by atoms with Gasteiger partial charge in [-0.3, -0.25) is 18.1 Å². The molecule has 1 atom stereocenters. The van der Waals surface area contributed by atoms with E-state index in [1.807, 2.05) is 4.57 Å². The molecule has 0 spiro atoms. The summed E-state index contributed by atoms with van der Waals surface area (Å²) in [5, 5.41) is 0.274. The summed E-state index contributed by atoms with van der Waals surface area (Å²) in [5.74, 6) is 7.05. The summed E-state index contributed by atoms with van der Waals surface area (Å²) in [4.78, 5) is 24.2. The van der Waals surface area contributed by atoms with Gasteiger partial charge in [0.25, 0.3) is 5.56 Å². The summed E-state index contributed by atoms with van der Waals surface area (Å²) < 4.78 is 15.4. The third kappa shape index (κ3) is 3.21. The molecule has 1 saturated heterocycles. The highest BCUT2D eigenvalue weighted by molar-refractivity contribution is 7.84. The maximum Gasteiger partial charge on any atom is 0.280 e. The molecule has 0 radical (unpaired) electrons. The third-order valence-corrected chi connectivity index (χ3v) is 5.74. The van der Waals surface area contributed by atoms with Crippen molar-refractivity contribution >= 4 is 27.9 Å². The van der Waals surface area contributed by atoms with Crippen LogP contribution in [0.5, 0.6) is 0 Å². The first-order valence-corrected chi connectivity index (χ1v) is 9.90. The lowest BCUT2D eigenvalue weighted by Crippen LogP contribution is -2.32. The van der Waals surface area contributed by atoms with Crippen LogP contribution in [0.3, 0.4) is 0 Å². The summed E-state index contributed by atoms with van der Waals surface area (Å²) in [6, 6.07) is 0. The lowest BCUT2D eigenvalue weighted by atomic mass is 10.1. The van der Waals surface area contributed by atoms with Gasteiger partial charge in [0.1, 0.15) is 0 Å². The maximum absolute atomic E-state index is 12.9. The maximum atomic E-state index is 12.9. The molecule has 0 N–H and O–H groups in total. The Labute approximate surface area is 149 Å². The fourth-order valence-electron chi connectivity index (χ4n) is 3.11. The number of rotatable bonds is 4. The van der Waals surface area contributed by atoms with Crippen LogP contribution in [0.15, 0.2) is 9.95 Å². The van der Waals surface area contributed by atoms with Gasteiger partial charge in [0, 0.05) is 25.9 Å². The first-order valence-electron chi connectivity index (χ1n) is 8.58. The monoisotopic (exact) mass is 361 g/mol. The number of hydrogen-bond acceptors (Lipinski definition) is 5. The van der Waals surface area contributed by atoms with E-state index in [9.17, 15) is 9.00 Å². The molecule has 1 unspecified atom stereocenters. The quantitative estimate of drug-likeness (QED) is 0.606. The Bertz CT molecular complexity index is 928. The van der Waals surface area contributed by atoms with Crippen molar-refractivity contribution in [1.82, 2.24) is 19.1 Å². The van der Waals surface area contributed by atoms with Gasteiger partial charge in [0.15, 0.2) is 11.2 Å². The Kier molecular flexibility index (Phi) is 5.23. The van der Waals surface area contributed by atoms with Crippen LogP contribution in [0, 0.1) is 11.8 Å². The van der Waals surface area contributed by atoms with Gasteiger partial charge < -0.3 is 4.90 Å². The van der Waals surface area contributed by atoms with E-state index in [1.165, 1.54) is 11.0 Å². The highest BCUT2D eigenvalue weighted by Crippen LogP contribution is 2.23. The lowest BCUT2D eigenvalue weighted by Gasteiger charge is -2.27. The first-order chi connectivity index (χ1) is 12.1. The van der Waals surface area contributed by atoms with E-state index in [1.54, 1.807) is 20.9 Å². The predicted octanol–water partition coefficient (Wildman–Crippen LogP) is 1.27. The van der Waals surface area contributed by atoms with Gasteiger partial charge in [-0.15, -0.1) is 5.92 Å². The third-order valence-electron chi connectivity index (χ3n) is 4.44. The molecule has 0 saturated carbocycles. The van der Waals surface area contributed by atoms with Gasteiger partial charge in [0.2, 0.25) is 11.1 Å². The van der Waals surface area contributed by atoms with Crippen LogP contribution >= 0.6 is 0 Å². The average molecular weight is 361 g/mol. The first kappa shape index (κ1) is 17.7. The van der Waals surface area contributed by atoms with Crippen molar-refractivity contribution in [2.75, 3.05) is 23.7 Å². The normalized spacial score (nSPS) is 15.9. The Morgan fingerprint density at radius 3 is 2.56 bits per heavy atom. The van der Waals surface area contributed by atoms with Gasteiger partial charge in [0.05, 0.1) is 17.3 Å². The van der Waals surface area contributed by atoms with Gasteiger partial charge >= 0.3 is 0 Å². The van der Waals surface area contributed by atoms with E-state index >= 15 is 0 Å². The molecule has 3 heterocycles. The van der Waals surface area contributed by atoms with Crippen LogP contribution in [0.2, 0.25) is 0 Å². The number of piperidine rings is 1. The molecule has 1 aliphatic rings. The molecular weight excluding hydrogens is 338 g/mol. The van der Waals surface area contributed by atoms with Crippen molar-refractivity contribution in [3.05, 3.63) is 10.4 Å². The van der Waals surface area contributed by atoms with Crippen molar-refractivity contribution in [2.24, 2.45) is 7.05 Å². The van der Waals surface area contributed by atoms with Crippen molar-refractivity contribution in [2.45, 2.75) is 44.8 Å². The molecule has 0 amide bonds. The topological polar surface area (TPSA) is 73.0 Å². The Balaban J connectivity index is 2.24. The Hall–Kier alpha value is -2.14. The van der Waals surface area contributed by atoms with Crippen LogP contribution in [-0.2, 0) is 24.4 Å². The minimum absolute atomic E-state index is 0.226. The van der Waals surface area contributed by atoms with Crippen molar-refractivity contribution < 1.29 is 4.21 Å². The van der Waals surface area contributed by atoms with E-state index in [0.29, 0.717) is 23.5 Å². The number of imidazole rings is 1. The molecule has 134 valence electrons. The molecule has 0 aromatic carbocycles. The molecule has 7 nitrogen and oxygen atoms in total. The summed E-state index contributed by atoms with van der Waals surface area (Å²) in [7, 11) is 0.298. The van der Waals surface area contributed by atoms with E-state index in [2.05, 4.69) is 26.7 Å². The van der Waals surface area contributed by atoms with E-state index in [0.717, 1.165) is 31.9 Å². The smallest absolute Gasteiger partial charge is 0.280 e. The number of aromatic nitrogens is 4. The van der Waals surface area contributed by atoms with E-state index in [4.69, 9.17) is 0 Å². The number of anilines is 1. The van der Waals surface area contributed by atoms with E-state index in [-0.39, 0.29) is 10.7 Å². The number of fused-ring (bicyclic) bond motifs is 1. The standard InChI is InChI=1S/C17H23N5O2S/c1-4-6-12-22-13-14(18-16(22)21-10-8-7-9-11-21)19-17(25(24)5-2)20(3)15(13)23/h5,7-12H2,1-3H3. The largest absolute Gasteiger partial charge is 0.342 e. The van der Waals surface area contributed by atoms with Crippen molar-refractivity contribution in [1.29, 1.82) is 0 Å². The molecule has 3 rings (SSSR count). The molecule has 2 aromatic rings. The molecule has 2 aromatic heterocycles. The van der Waals surface area contributed by atoms with Gasteiger partial charge in [-0.2, -0.15) is 9.97 Å². The molecule has 1 fully saturated rings. The van der Waals surface area contributed by atoms with Crippen LogP contribution in [0.1, 0.15) is 33.1 Å². The summed E-state index contributed by atoms with van der Waals surface area (Å²) in [5.41, 5.74) is 0.566. The van der Waals surface area contributed by atoms with Crippen molar-refractivity contribution in [3.63, 3.8) is 0 Å². The Morgan fingerprint density at radius 1 is 1.20 bits per heavy atom. The predicted molar refractivity (Wildman–Crippen MR) is 99.2 cm³/mol. The van der Waals surface area contributed by atoms with E-state index < -0.39 is 10.8 Å². The SMILES string of the molecule is CC#CCn1c(N2CCCCC2)nc2nc(S(=O)CC)n(C)c(=O)c21. The lowest BCUT2D eigenvalue weighted by molar-refractivity contribution is 0.561. The molecule has 25 heavy (non-hydrogen) atoms. The van der Waals surface area contributed by atoms with Gasteiger partial charge in [-0.05, 0) is 26.2 Å². The second-order valence-electron chi connectivity index (χ2n) is 6.04. The number of nitrogens with zero attached hydrogens (tertiary/aromatic N) is 5. The zero-order valence-electron chi connectivity index (χ0n) is 14.9. The van der Waals surface area contributed by atoms with Crippen molar-refractivity contribution in [3.8, 4) is 11.8 Å². The molecule has 0 aliphatic carbocycles. The van der Waals surface area contributed by atoms with Crippen LogP contribution in [0.25, 0.3) is 11.2 Å². The Morgan fingerprint density at radius 2 is 1.92 bits per heavy atom. The summed E-state index contributed by atoms with van der Waals surface area (Å²) in [6.07, 6.45) is 3.43. The fourth-order valence-corrected chi connectivity index (χ4v) is 3.94. The minimum atomic E-state index is -1.31. The van der Waals surface area contributed by atoms with Crippen LogP contribution < -0.4 is 10.5 Å². The zero-order valence-corrected chi connectivity index (χ0v) is 15.7. The minimum Gasteiger partial charge on any atom is -0.342 e.